The van der Waals surface area contributed by atoms with Gasteiger partial charge in [-0.15, -0.1) is 11.7 Å². The molecule has 5 nitrogen and oxygen atoms in total. The third-order valence-electron chi connectivity index (χ3n) is 4.30. The fraction of sp³-hybridized carbons (Fsp3) is 0.412. The Morgan fingerprint density at radius 1 is 1.42 bits per heavy atom. The number of hydrogen-bond donors (Lipinski definition) is 2. The van der Waals surface area contributed by atoms with Gasteiger partial charge in [0.15, 0.2) is 12.5 Å². The van der Waals surface area contributed by atoms with Gasteiger partial charge >= 0.3 is 0 Å². The van der Waals surface area contributed by atoms with E-state index < -0.39 is 0 Å². The smallest absolute Gasteiger partial charge is 0.203 e. The molecule has 0 aliphatic carbocycles. The number of rotatable bonds is 5. The first-order valence-electron chi connectivity index (χ1n) is 8.14. The summed E-state index contributed by atoms with van der Waals surface area (Å²) in [5.41, 5.74) is 0.972. The number of aromatic nitrogens is 3. The molecule has 1 fully saturated rings. The minimum Gasteiger partial charge on any atom is -0.387 e. The van der Waals surface area contributed by atoms with Gasteiger partial charge in [0.05, 0.1) is 6.54 Å². The Bertz CT molecular complexity index is 768. The monoisotopic (exact) mass is 365 g/mol. The molecule has 2 N–H and O–H groups in total. The quantitative estimate of drug-likeness (QED) is 0.628. The van der Waals surface area contributed by atoms with Gasteiger partial charge < -0.3 is 10.0 Å². The highest BCUT2D eigenvalue weighted by Gasteiger charge is 2.23. The van der Waals surface area contributed by atoms with Crippen LogP contribution in [0.1, 0.15) is 12.8 Å². The lowest BCUT2D eigenvalue weighted by Gasteiger charge is -2.26. The Morgan fingerprint density at radius 2 is 2.17 bits per heavy atom. The van der Waals surface area contributed by atoms with Crippen LogP contribution < -0.4 is 4.90 Å². The second-order valence-electron chi connectivity index (χ2n) is 6.17. The average Bonchev–Trinajstić information content (AvgIpc) is 2.86. The van der Waals surface area contributed by atoms with E-state index in [1.165, 1.54) is 4.90 Å². The van der Waals surface area contributed by atoms with Crippen molar-refractivity contribution in [2.45, 2.75) is 32.2 Å². The molecule has 2 atom stereocenters. The lowest BCUT2D eigenvalue weighted by molar-refractivity contribution is -0.931. The van der Waals surface area contributed by atoms with Gasteiger partial charge in [0.2, 0.25) is 4.77 Å². The molecule has 0 amide bonds. The van der Waals surface area contributed by atoms with Crippen molar-refractivity contribution in [1.82, 2.24) is 14.3 Å². The Hall–Kier alpha value is -1.47. The molecule has 0 radical (unpaired) electrons. The minimum atomic E-state index is -0.228. The normalized spacial score (nSPS) is 20.9. The Morgan fingerprint density at radius 3 is 2.83 bits per heavy atom. The van der Waals surface area contributed by atoms with Gasteiger partial charge in [-0.25, -0.2) is 0 Å². The van der Waals surface area contributed by atoms with Gasteiger partial charge in [-0.1, -0.05) is 17.7 Å². The molecule has 1 aromatic heterocycles. The third-order valence-corrected chi connectivity index (χ3v) is 4.99. The summed E-state index contributed by atoms with van der Waals surface area (Å²) in [6.07, 6.45) is 3.50. The Labute approximate surface area is 151 Å². The molecular weight excluding hydrogens is 344 g/mol. The first kappa shape index (κ1) is 17.4. The predicted octanol–water partition coefficient (Wildman–Crippen LogP) is 1.92. The van der Waals surface area contributed by atoms with Crippen molar-refractivity contribution in [3.05, 3.63) is 46.7 Å². The molecule has 1 saturated heterocycles. The maximum atomic E-state index is 9.87. The first-order chi connectivity index (χ1) is 11.6. The van der Waals surface area contributed by atoms with Crippen LogP contribution in [0.4, 0.5) is 0 Å². The fourth-order valence-corrected chi connectivity index (χ4v) is 3.52. The number of aliphatic hydroxyl groups excluding tert-OH is 1. The zero-order valence-electron chi connectivity index (χ0n) is 13.5. The number of piperidine rings is 1. The summed E-state index contributed by atoms with van der Waals surface area (Å²) in [5.74, 6) is 0.813. The molecule has 1 aliphatic rings. The van der Waals surface area contributed by atoms with E-state index in [-0.39, 0.29) is 6.10 Å². The summed E-state index contributed by atoms with van der Waals surface area (Å²) >= 11 is 11.6. The van der Waals surface area contributed by atoms with E-state index in [1.54, 1.807) is 0 Å². The van der Waals surface area contributed by atoms with E-state index >= 15 is 0 Å². The maximum absolute atomic E-state index is 9.87. The standard InChI is InChI=1S/C17H21ClN4OS/c1-2-9-21-16(13-5-7-14(18)8-6-13)19-22(17(21)24)12-20-10-3-4-15(23)11-20/h2,5-8,15,23H,1,3-4,9-12H2/p+1/t15-/m0/s1. The number of benzene rings is 1. The largest absolute Gasteiger partial charge is 0.387 e. The molecule has 2 aromatic rings. The molecule has 128 valence electrons. The van der Waals surface area contributed by atoms with Crippen LogP contribution in [0.25, 0.3) is 11.4 Å². The maximum Gasteiger partial charge on any atom is 0.203 e. The van der Waals surface area contributed by atoms with Gasteiger partial charge in [-0.05, 0) is 49.3 Å². The number of quaternary nitrogens is 1. The number of likely N-dealkylation sites (tertiary alicyclic amines) is 1. The molecule has 0 bridgehead atoms. The highest BCUT2D eigenvalue weighted by molar-refractivity contribution is 7.71. The number of hydrogen-bond acceptors (Lipinski definition) is 3. The van der Waals surface area contributed by atoms with Crippen LogP contribution in [0.15, 0.2) is 36.9 Å². The van der Waals surface area contributed by atoms with E-state index in [4.69, 9.17) is 28.9 Å². The number of aliphatic hydroxyl groups is 1. The van der Waals surface area contributed by atoms with E-state index in [0.717, 1.165) is 37.3 Å². The minimum absolute atomic E-state index is 0.228. The van der Waals surface area contributed by atoms with E-state index in [9.17, 15) is 5.11 Å². The Balaban J connectivity index is 1.93. The highest BCUT2D eigenvalue weighted by atomic mass is 35.5. The topological polar surface area (TPSA) is 47.4 Å². The third kappa shape index (κ3) is 3.78. The number of allylic oxidation sites excluding steroid dienone is 1. The van der Waals surface area contributed by atoms with Crippen molar-refractivity contribution >= 4 is 23.8 Å². The van der Waals surface area contributed by atoms with E-state index in [1.807, 2.05) is 39.6 Å². The first-order valence-corrected chi connectivity index (χ1v) is 8.93. The van der Waals surface area contributed by atoms with Crippen molar-refractivity contribution < 1.29 is 10.0 Å². The molecule has 1 aromatic carbocycles. The van der Waals surface area contributed by atoms with Gasteiger partial charge in [0.1, 0.15) is 12.6 Å². The van der Waals surface area contributed by atoms with Gasteiger partial charge in [-0.2, -0.15) is 4.68 Å². The lowest BCUT2D eigenvalue weighted by Crippen LogP contribution is -3.13. The van der Waals surface area contributed by atoms with Gasteiger partial charge in [-0.3, -0.25) is 4.57 Å². The Kier molecular flexibility index (Phi) is 5.50. The van der Waals surface area contributed by atoms with Crippen molar-refractivity contribution in [2.75, 3.05) is 13.1 Å². The van der Waals surface area contributed by atoms with Crippen LogP contribution >= 0.6 is 23.8 Å². The summed E-state index contributed by atoms with van der Waals surface area (Å²) in [5, 5.41) is 15.3. The van der Waals surface area contributed by atoms with E-state index in [0.29, 0.717) is 23.0 Å². The average molecular weight is 366 g/mol. The molecule has 2 heterocycles. The van der Waals surface area contributed by atoms with Crippen LogP contribution in [-0.4, -0.2) is 38.6 Å². The molecular formula is C17H22ClN4OS+. The van der Waals surface area contributed by atoms with Gasteiger partial charge in [0.25, 0.3) is 0 Å². The summed E-state index contributed by atoms with van der Waals surface area (Å²) < 4.78 is 4.51. The zero-order chi connectivity index (χ0) is 17.1. The molecule has 0 saturated carbocycles. The SMILES string of the molecule is C=CCn1c(-c2ccc(Cl)cc2)nn(C[NH+]2CCC[C@H](O)C2)c1=S. The molecule has 1 aliphatic heterocycles. The fourth-order valence-electron chi connectivity index (χ4n) is 3.13. The lowest BCUT2D eigenvalue weighted by atomic mass is 10.1. The molecule has 0 spiro atoms. The second-order valence-corrected chi connectivity index (χ2v) is 6.97. The van der Waals surface area contributed by atoms with Crippen LogP contribution in [0.2, 0.25) is 5.02 Å². The summed E-state index contributed by atoms with van der Waals surface area (Å²) in [6.45, 7) is 6.86. The van der Waals surface area contributed by atoms with Crippen LogP contribution in [0.5, 0.6) is 0 Å². The molecule has 1 unspecified atom stereocenters. The van der Waals surface area contributed by atoms with Crippen molar-refractivity contribution in [1.29, 1.82) is 0 Å². The number of nitrogens with one attached hydrogen (secondary N) is 1. The van der Waals surface area contributed by atoms with Gasteiger partial charge in [0, 0.05) is 17.1 Å². The van der Waals surface area contributed by atoms with Crippen LogP contribution in [0, 0.1) is 4.77 Å². The highest BCUT2D eigenvalue weighted by Crippen LogP contribution is 2.20. The number of nitrogens with zero attached hydrogens (tertiary/aromatic N) is 3. The van der Waals surface area contributed by atoms with Crippen molar-refractivity contribution in [3.63, 3.8) is 0 Å². The van der Waals surface area contributed by atoms with Crippen molar-refractivity contribution in [3.8, 4) is 11.4 Å². The van der Waals surface area contributed by atoms with E-state index in [2.05, 4.69) is 6.58 Å². The molecule has 7 heteroatoms. The predicted molar refractivity (Wildman–Crippen MR) is 97.6 cm³/mol. The summed E-state index contributed by atoms with van der Waals surface area (Å²) in [6, 6.07) is 7.59. The molecule has 24 heavy (non-hydrogen) atoms. The summed E-state index contributed by atoms with van der Waals surface area (Å²) in [7, 11) is 0. The summed E-state index contributed by atoms with van der Waals surface area (Å²) in [4.78, 5) is 1.30. The van der Waals surface area contributed by atoms with Crippen LogP contribution in [-0.2, 0) is 13.2 Å². The van der Waals surface area contributed by atoms with Crippen LogP contribution in [0.3, 0.4) is 0 Å². The van der Waals surface area contributed by atoms with Crippen molar-refractivity contribution in [2.24, 2.45) is 0 Å². The number of halogens is 1. The zero-order valence-corrected chi connectivity index (χ0v) is 15.1. The second kappa shape index (κ2) is 7.61. The molecule has 3 rings (SSSR count).